The number of rotatable bonds is 10. The standard InChI is InChI=1S/C17H31N3O/c1-5-19(6-2)10-9-11-20(7-3)16-12-15(18)13-17(14-16)21-8-4/h12-14H,5-11,18H2,1-4H3. The fraction of sp³-hybridized carbons (Fsp3) is 0.647. The van der Waals surface area contributed by atoms with Crippen LogP contribution in [0.2, 0.25) is 0 Å². The van der Waals surface area contributed by atoms with E-state index in [4.69, 9.17) is 10.5 Å². The van der Waals surface area contributed by atoms with Gasteiger partial charge in [-0.25, -0.2) is 0 Å². The zero-order valence-corrected chi connectivity index (χ0v) is 14.1. The van der Waals surface area contributed by atoms with Gasteiger partial charge >= 0.3 is 0 Å². The molecule has 0 aliphatic carbocycles. The molecule has 1 rings (SSSR count). The Morgan fingerprint density at radius 3 is 2.24 bits per heavy atom. The summed E-state index contributed by atoms with van der Waals surface area (Å²) in [7, 11) is 0. The van der Waals surface area contributed by atoms with Crippen LogP contribution in [0.1, 0.15) is 34.1 Å². The number of nitrogens with zero attached hydrogens (tertiary/aromatic N) is 2. The van der Waals surface area contributed by atoms with Crippen molar-refractivity contribution in [2.75, 3.05) is 50.0 Å². The average Bonchev–Trinajstić information content (AvgIpc) is 2.47. The Morgan fingerprint density at radius 2 is 1.67 bits per heavy atom. The first-order valence-electron chi connectivity index (χ1n) is 8.15. The van der Waals surface area contributed by atoms with Crippen molar-refractivity contribution in [3.8, 4) is 5.75 Å². The van der Waals surface area contributed by atoms with Gasteiger partial charge in [0.15, 0.2) is 0 Å². The molecule has 0 fully saturated rings. The molecule has 0 aliphatic rings. The van der Waals surface area contributed by atoms with Gasteiger partial charge < -0.3 is 20.3 Å². The van der Waals surface area contributed by atoms with Crippen molar-refractivity contribution in [1.29, 1.82) is 0 Å². The molecule has 0 saturated heterocycles. The van der Waals surface area contributed by atoms with Crippen molar-refractivity contribution in [3.05, 3.63) is 18.2 Å². The van der Waals surface area contributed by atoms with Gasteiger partial charge in [-0.1, -0.05) is 13.8 Å². The predicted molar refractivity (Wildman–Crippen MR) is 92.3 cm³/mol. The highest BCUT2D eigenvalue weighted by Crippen LogP contribution is 2.25. The fourth-order valence-corrected chi connectivity index (χ4v) is 2.53. The van der Waals surface area contributed by atoms with Gasteiger partial charge in [0.1, 0.15) is 5.75 Å². The molecule has 0 spiro atoms. The number of ether oxygens (including phenoxy) is 1. The molecule has 21 heavy (non-hydrogen) atoms. The van der Waals surface area contributed by atoms with E-state index in [1.807, 2.05) is 19.1 Å². The van der Waals surface area contributed by atoms with Crippen molar-refractivity contribution in [3.63, 3.8) is 0 Å². The van der Waals surface area contributed by atoms with Crippen LogP contribution in [0.4, 0.5) is 11.4 Å². The van der Waals surface area contributed by atoms with Crippen LogP contribution in [0.5, 0.6) is 5.75 Å². The Morgan fingerprint density at radius 1 is 0.952 bits per heavy atom. The zero-order chi connectivity index (χ0) is 15.7. The molecule has 4 nitrogen and oxygen atoms in total. The Kier molecular flexibility index (Phi) is 7.98. The first-order chi connectivity index (χ1) is 10.1. The molecule has 0 bridgehead atoms. The van der Waals surface area contributed by atoms with Gasteiger partial charge in [-0.3, -0.25) is 0 Å². The minimum absolute atomic E-state index is 0.664. The second kappa shape index (κ2) is 9.50. The van der Waals surface area contributed by atoms with Crippen molar-refractivity contribution in [2.24, 2.45) is 0 Å². The molecule has 2 N–H and O–H groups in total. The number of nitrogen functional groups attached to an aromatic ring is 1. The van der Waals surface area contributed by atoms with E-state index >= 15 is 0 Å². The molecule has 0 atom stereocenters. The monoisotopic (exact) mass is 293 g/mol. The van der Waals surface area contributed by atoms with E-state index in [1.54, 1.807) is 0 Å². The summed E-state index contributed by atoms with van der Waals surface area (Å²) in [5, 5.41) is 0. The van der Waals surface area contributed by atoms with E-state index < -0.39 is 0 Å². The highest BCUT2D eigenvalue weighted by Gasteiger charge is 2.08. The normalized spacial score (nSPS) is 10.9. The van der Waals surface area contributed by atoms with Crippen molar-refractivity contribution in [1.82, 2.24) is 4.90 Å². The lowest BCUT2D eigenvalue weighted by Crippen LogP contribution is -2.30. The van der Waals surface area contributed by atoms with Crippen LogP contribution in [-0.2, 0) is 0 Å². The number of hydrogen-bond donors (Lipinski definition) is 1. The summed E-state index contributed by atoms with van der Waals surface area (Å²) in [6.45, 7) is 14.7. The average molecular weight is 293 g/mol. The maximum atomic E-state index is 5.99. The molecule has 0 aromatic heterocycles. The predicted octanol–water partition coefficient (Wildman–Crippen LogP) is 3.23. The third-order valence-electron chi connectivity index (χ3n) is 3.77. The molecular formula is C17H31N3O. The van der Waals surface area contributed by atoms with Crippen LogP contribution in [-0.4, -0.2) is 44.2 Å². The van der Waals surface area contributed by atoms with Crippen molar-refractivity contribution >= 4 is 11.4 Å². The molecule has 1 aromatic rings. The van der Waals surface area contributed by atoms with E-state index in [0.717, 1.165) is 56.3 Å². The van der Waals surface area contributed by atoms with Gasteiger partial charge in [-0.2, -0.15) is 0 Å². The maximum Gasteiger partial charge on any atom is 0.123 e. The first kappa shape index (κ1) is 17.6. The molecule has 4 heteroatoms. The lowest BCUT2D eigenvalue weighted by atomic mass is 10.2. The van der Waals surface area contributed by atoms with Crippen molar-refractivity contribution in [2.45, 2.75) is 34.1 Å². The Bertz CT molecular complexity index is 405. The van der Waals surface area contributed by atoms with Gasteiger partial charge in [0.05, 0.1) is 6.61 Å². The largest absolute Gasteiger partial charge is 0.494 e. The van der Waals surface area contributed by atoms with E-state index in [9.17, 15) is 0 Å². The third kappa shape index (κ3) is 5.84. The summed E-state index contributed by atoms with van der Waals surface area (Å²) in [5.41, 5.74) is 7.90. The minimum Gasteiger partial charge on any atom is -0.494 e. The highest BCUT2D eigenvalue weighted by atomic mass is 16.5. The number of nitrogens with two attached hydrogens (primary N) is 1. The van der Waals surface area contributed by atoms with E-state index in [-0.39, 0.29) is 0 Å². The zero-order valence-electron chi connectivity index (χ0n) is 14.1. The van der Waals surface area contributed by atoms with Crippen LogP contribution < -0.4 is 15.4 Å². The van der Waals surface area contributed by atoms with Crippen LogP contribution in [0, 0.1) is 0 Å². The molecular weight excluding hydrogens is 262 g/mol. The highest BCUT2D eigenvalue weighted by molar-refractivity contribution is 5.60. The number of benzene rings is 1. The maximum absolute atomic E-state index is 5.99. The number of anilines is 2. The fourth-order valence-electron chi connectivity index (χ4n) is 2.53. The van der Waals surface area contributed by atoms with Gasteiger partial charge in [-0.15, -0.1) is 0 Å². The smallest absolute Gasteiger partial charge is 0.123 e. The van der Waals surface area contributed by atoms with Crippen LogP contribution in [0.3, 0.4) is 0 Å². The minimum atomic E-state index is 0.664. The molecule has 0 saturated carbocycles. The van der Waals surface area contributed by atoms with Crippen LogP contribution >= 0.6 is 0 Å². The molecule has 0 aliphatic heterocycles. The second-order valence-corrected chi connectivity index (χ2v) is 5.15. The Hall–Kier alpha value is -1.42. The molecule has 0 unspecified atom stereocenters. The Balaban J connectivity index is 2.66. The SMILES string of the molecule is CCOc1cc(N)cc(N(CC)CCCN(CC)CC)c1. The number of hydrogen-bond acceptors (Lipinski definition) is 4. The third-order valence-corrected chi connectivity index (χ3v) is 3.77. The summed E-state index contributed by atoms with van der Waals surface area (Å²) in [6, 6.07) is 6.00. The topological polar surface area (TPSA) is 41.7 Å². The van der Waals surface area contributed by atoms with Crippen LogP contribution in [0.25, 0.3) is 0 Å². The van der Waals surface area contributed by atoms with E-state index in [2.05, 4.69) is 36.6 Å². The first-order valence-corrected chi connectivity index (χ1v) is 8.15. The van der Waals surface area contributed by atoms with Gasteiger partial charge in [-0.05, 0) is 46.0 Å². The Labute approximate surface area is 129 Å². The molecule has 0 heterocycles. The molecule has 0 amide bonds. The molecule has 120 valence electrons. The second-order valence-electron chi connectivity index (χ2n) is 5.15. The van der Waals surface area contributed by atoms with E-state index in [1.165, 1.54) is 0 Å². The lowest BCUT2D eigenvalue weighted by Gasteiger charge is -2.26. The summed E-state index contributed by atoms with van der Waals surface area (Å²) in [4.78, 5) is 4.82. The summed E-state index contributed by atoms with van der Waals surface area (Å²) in [6.07, 6.45) is 1.16. The summed E-state index contributed by atoms with van der Waals surface area (Å²) < 4.78 is 5.58. The summed E-state index contributed by atoms with van der Waals surface area (Å²) in [5.74, 6) is 0.856. The lowest BCUT2D eigenvalue weighted by molar-refractivity contribution is 0.300. The molecule has 0 radical (unpaired) electrons. The van der Waals surface area contributed by atoms with E-state index in [0.29, 0.717) is 6.61 Å². The van der Waals surface area contributed by atoms with Gasteiger partial charge in [0, 0.05) is 36.6 Å². The molecule has 1 aromatic carbocycles. The van der Waals surface area contributed by atoms with Crippen LogP contribution in [0.15, 0.2) is 18.2 Å². The van der Waals surface area contributed by atoms with Crippen molar-refractivity contribution < 1.29 is 4.74 Å². The summed E-state index contributed by atoms with van der Waals surface area (Å²) >= 11 is 0. The van der Waals surface area contributed by atoms with Gasteiger partial charge in [0.2, 0.25) is 0 Å². The van der Waals surface area contributed by atoms with Gasteiger partial charge in [0.25, 0.3) is 0 Å². The quantitative estimate of drug-likeness (QED) is 0.673.